The van der Waals surface area contributed by atoms with Gasteiger partial charge < -0.3 is 15.2 Å². The van der Waals surface area contributed by atoms with Crippen LogP contribution in [0.5, 0.6) is 0 Å². The molecule has 1 unspecified atom stereocenters. The monoisotopic (exact) mass is 356 g/mol. The number of hydrogen-bond donors (Lipinski definition) is 2. The van der Waals surface area contributed by atoms with Crippen LogP contribution in [0, 0.1) is 11.3 Å². The fourth-order valence-corrected chi connectivity index (χ4v) is 3.87. The highest BCUT2D eigenvalue weighted by Gasteiger charge is 2.36. The van der Waals surface area contributed by atoms with Crippen molar-refractivity contribution in [1.82, 2.24) is 10.6 Å². The van der Waals surface area contributed by atoms with Crippen molar-refractivity contribution < 1.29 is 14.1 Å². The molecule has 0 saturated heterocycles. The predicted molar refractivity (Wildman–Crippen MR) is 99.0 cm³/mol. The number of carbonyl (C=O) groups is 2. The molecule has 2 amide bonds. The van der Waals surface area contributed by atoms with Crippen molar-refractivity contribution in [2.24, 2.45) is 11.3 Å². The molecule has 0 bridgehead atoms. The Kier molecular flexibility index (Phi) is 7.80. The molecular weight excluding hydrogens is 324 g/mol. The second-order valence-corrected chi connectivity index (χ2v) is 9.14. The molecule has 0 aromatic heterocycles. The molecular formula is C18H32N2O3S. The van der Waals surface area contributed by atoms with Gasteiger partial charge in [0.15, 0.2) is 6.04 Å². The van der Waals surface area contributed by atoms with Crippen LogP contribution in [-0.4, -0.2) is 40.5 Å². The maximum Gasteiger partial charge on any atom is 0.247 e. The van der Waals surface area contributed by atoms with Gasteiger partial charge in [0, 0.05) is 11.6 Å². The van der Waals surface area contributed by atoms with Crippen molar-refractivity contribution in [2.45, 2.75) is 65.5 Å². The third-order valence-electron chi connectivity index (χ3n) is 5.16. The minimum absolute atomic E-state index is 0.105. The number of carbonyl (C=O) groups excluding carboxylic acids is 2. The molecule has 1 aliphatic carbocycles. The molecule has 1 saturated carbocycles. The summed E-state index contributed by atoms with van der Waals surface area (Å²) in [5.74, 6) is 0.0345. The molecule has 4 atom stereocenters. The van der Waals surface area contributed by atoms with Crippen LogP contribution in [0.25, 0.3) is 0 Å². The van der Waals surface area contributed by atoms with Crippen LogP contribution in [0.15, 0.2) is 12.2 Å². The van der Waals surface area contributed by atoms with Crippen molar-refractivity contribution in [2.75, 3.05) is 12.0 Å². The first-order valence-corrected chi connectivity index (χ1v) is 10.3. The smallest absolute Gasteiger partial charge is 0.247 e. The zero-order valence-electron chi connectivity index (χ0n) is 15.6. The lowest BCUT2D eigenvalue weighted by atomic mass is 9.67. The highest BCUT2D eigenvalue weighted by atomic mass is 32.2. The van der Waals surface area contributed by atoms with E-state index in [-0.39, 0.29) is 29.0 Å². The summed E-state index contributed by atoms with van der Waals surface area (Å²) in [6.45, 7) is 11.9. The number of amides is 2. The van der Waals surface area contributed by atoms with Crippen LogP contribution in [0.2, 0.25) is 0 Å². The first kappa shape index (κ1) is 21.0. The summed E-state index contributed by atoms with van der Waals surface area (Å²) in [5, 5.41) is 5.70. The molecule has 0 spiro atoms. The topological polar surface area (TPSA) is 81.3 Å². The summed E-state index contributed by atoms with van der Waals surface area (Å²) in [6.07, 6.45) is 5.68. The van der Waals surface area contributed by atoms with Crippen LogP contribution in [0.1, 0.15) is 53.4 Å². The van der Waals surface area contributed by atoms with Crippen LogP contribution < -0.4 is 10.6 Å². The molecule has 0 aromatic rings. The lowest BCUT2D eigenvalue weighted by molar-refractivity contribution is -0.127. The lowest BCUT2D eigenvalue weighted by Crippen LogP contribution is -2.54. The van der Waals surface area contributed by atoms with Gasteiger partial charge in [0.1, 0.15) is 5.75 Å². The minimum atomic E-state index is -1.18. The van der Waals surface area contributed by atoms with Gasteiger partial charge in [-0.2, -0.15) is 0 Å². The summed E-state index contributed by atoms with van der Waals surface area (Å²) in [4.78, 5) is 24.4. The van der Waals surface area contributed by atoms with Gasteiger partial charge in [0.05, 0.1) is 6.26 Å². The second kappa shape index (κ2) is 8.90. The molecule has 0 aromatic carbocycles. The SMILES string of the molecule is C=C(C)C(=O)N[C@@H](C[S+](C)[O-])C(=O)N[C@@H]1CCC[C@](C)(C(C)C)C1. The fourth-order valence-electron chi connectivity index (χ4n) is 3.17. The molecule has 138 valence electrons. The Labute approximate surface area is 149 Å². The van der Waals surface area contributed by atoms with Crippen molar-refractivity contribution in [1.29, 1.82) is 0 Å². The average Bonchev–Trinajstić information content (AvgIpc) is 2.45. The van der Waals surface area contributed by atoms with Gasteiger partial charge in [0.2, 0.25) is 11.8 Å². The summed E-state index contributed by atoms with van der Waals surface area (Å²) in [6, 6.07) is -0.680. The Hall–Kier alpha value is -1.01. The average molecular weight is 357 g/mol. The van der Waals surface area contributed by atoms with E-state index in [1.54, 1.807) is 6.92 Å². The van der Waals surface area contributed by atoms with E-state index in [0.717, 1.165) is 19.3 Å². The first-order chi connectivity index (χ1) is 11.0. The Morgan fingerprint density at radius 2 is 2.04 bits per heavy atom. The van der Waals surface area contributed by atoms with E-state index in [2.05, 4.69) is 38.0 Å². The Bertz CT molecular complexity index is 479. The largest absolute Gasteiger partial charge is 0.616 e. The van der Waals surface area contributed by atoms with Gasteiger partial charge in [-0.1, -0.05) is 44.9 Å². The van der Waals surface area contributed by atoms with Crippen LogP contribution in [0.4, 0.5) is 0 Å². The van der Waals surface area contributed by atoms with E-state index in [4.69, 9.17) is 0 Å². The highest BCUT2D eigenvalue weighted by molar-refractivity contribution is 7.90. The Balaban J connectivity index is 2.73. The summed E-state index contributed by atoms with van der Waals surface area (Å²) < 4.78 is 11.6. The van der Waals surface area contributed by atoms with Crippen molar-refractivity contribution in [3.63, 3.8) is 0 Å². The number of nitrogens with one attached hydrogen (secondary N) is 2. The quantitative estimate of drug-likeness (QED) is 0.542. The molecule has 24 heavy (non-hydrogen) atoms. The van der Waals surface area contributed by atoms with Gasteiger partial charge in [-0.05, 0) is 37.5 Å². The molecule has 0 heterocycles. The third kappa shape index (κ3) is 6.13. The summed E-state index contributed by atoms with van der Waals surface area (Å²) in [5.41, 5.74) is 0.556. The summed E-state index contributed by atoms with van der Waals surface area (Å²) >= 11 is -1.18. The maximum absolute atomic E-state index is 12.6. The normalized spacial score (nSPS) is 26.5. The molecule has 6 heteroatoms. The van der Waals surface area contributed by atoms with E-state index in [1.807, 2.05) is 0 Å². The number of hydrogen-bond acceptors (Lipinski definition) is 3. The molecule has 1 rings (SSSR count). The Morgan fingerprint density at radius 3 is 2.54 bits per heavy atom. The van der Waals surface area contributed by atoms with Gasteiger partial charge >= 0.3 is 0 Å². The standard InChI is InChI=1S/C18H32N2O3S/c1-12(2)16(21)20-15(11-24(6)23)17(22)19-14-8-7-9-18(5,10-14)13(3)4/h13-15H,1,7-11H2,2-6H3,(H,19,22)(H,20,21)/t14-,15+,18+,24?/m1/s1. The predicted octanol–water partition coefficient (Wildman–Crippen LogP) is 2.15. The zero-order valence-corrected chi connectivity index (χ0v) is 16.4. The van der Waals surface area contributed by atoms with Crippen LogP contribution in [0.3, 0.4) is 0 Å². The molecule has 5 nitrogen and oxygen atoms in total. The van der Waals surface area contributed by atoms with Gasteiger partial charge in [-0.3, -0.25) is 9.59 Å². The molecule has 0 radical (unpaired) electrons. The van der Waals surface area contributed by atoms with Gasteiger partial charge in [-0.15, -0.1) is 0 Å². The minimum Gasteiger partial charge on any atom is -0.616 e. The van der Waals surface area contributed by atoms with Crippen molar-refractivity contribution >= 4 is 23.0 Å². The summed E-state index contributed by atoms with van der Waals surface area (Å²) in [7, 11) is 0. The fraction of sp³-hybridized carbons (Fsp3) is 0.778. The van der Waals surface area contributed by atoms with Crippen LogP contribution >= 0.6 is 0 Å². The highest BCUT2D eigenvalue weighted by Crippen LogP contribution is 2.41. The molecule has 0 aliphatic heterocycles. The number of rotatable bonds is 7. The molecule has 1 aliphatic rings. The molecule has 1 fully saturated rings. The lowest BCUT2D eigenvalue weighted by Gasteiger charge is -2.41. The first-order valence-electron chi connectivity index (χ1n) is 8.62. The maximum atomic E-state index is 12.6. The van der Waals surface area contributed by atoms with Crippen molar-refractivity contribution in [3.8, 4) is 0 Å². The van der Waals surface area contributed by atoms with E-state index in [9.17, 15) is 14.1 Å². The van der Waals surface area contributed by atoms with Crippen LogP contribution in [-0.2, 0) is 20.8 Å². The second-order valence-electron chi connectivity index (χ2n) is 7.66. The van der Waals surface area contributed by atoms with Crippen molar-refractivity contribution in [3.05, 3.63) is 12.2 Å². The van der Waals surface area contributed by atoms with Gasteiger partial charge in [0.25, 0.3) is 0 Å². The third-order valence-corrected chi connectivity index (χ3v) is 5.97. The molecule has 2 N–H and O–H groups in total. The van der Waals surface area contributed by atoms with E-state index in [1.165, 1.54) is 12.7 Å². The van der Waals surface area contributed by atoms with E-state index < -0.39 is 17.2 Å². The van der Waals surface area contributed by atoms with E-state index in [0.29, 0.717) is 11.5 Å². The zero-order chi connectivity index (χ0) is 18.5. The van der Waals surface area contributed by atoms with Gasteiger partial charge in [-0.25, -0.2) is 0 Å². The Morgan fingerprint density at radius 1 is 1.42 bits per heavy atom. The van der Waals surface area contributed by atoms with E-state index >= 15 is 0 Å².